The number of nitrogens with zero attached hydrogens (tertiary/aromatic N) is 1. The van der Waals surface area contributed by atoms with E-state index in [9.17, 15) is 4.79 Å². The van der Waals surface area contributed by atoms with Gasteiger partial charge in [-0.1, -0.05) is 0 Å². The third kappa shape index (κ3) is 2.12. The van der Waals surface area contributed by atoms with Crippen molar-refractivity contribution >= 4 is 21.8 Å². The van der Waals surface area contributed by atoms with E-state index in [2.05, 4.69) is 26.2 Å². The van der Waals surface area contributed by atoms with Crippen molar-refractivity contribution in [1.29, 1.82) is 0 Å². The second-order valence-corrected chi connectivity index (χ2v) is 4.38. The Hall–Kier alpha value is -0.900. The van der Waals surface area contributed by atoms with E-state index in [1.165, 1.54) is 6.42 Å². The highest BCUT2D eigenvalue weighted by Gasteiger charge is 2.20. The first-order valence-corrected chi connectivity index (χ1v) is 5.47. The van der Waals surface area contributed by atoms with Crippen molar-refractivity contribution in [3.05, 3.63) is 28.5 Å². The number of hydrogen-bond acceptors (Lipinski definition) is 2. The topological polar surface area (TPSA) is 42.0 Å². The molecule has 0 aliphatic heterocycles. The monoisotopic (exact) mass is 254 g/mol. The average molecular weight is 255 g/mol. The number of amides is 1. The number of rotatable bonds is 2. The SMILES string of the molecule is O=C(NC1CCC1)c1ccc(Br)cn1. The van der Waals surface area contributed by atoms with E-state index < -0.39 is 0 Å². The Morgan fingerprint density at radius 1 is 1.50 bits per heavy atom. The fourth-order valence-electron chi connectivity index (χ4n) is 1.32. The summed E-state index contributed by atoms with van der Waals surface area (Å²) in [5.74, 6) is -0.0674. The third-order valence-corrected chi connectivity index (χ3v) is 2.87. The Morgan fingerprint density at radius 2 is 2.29 bits per heavy atom. The highest BCUT2D eigenvalue weighted by molar-refractivity contribution is 9.10. The van der Waals surface area contributed by atoms with Crippen molar-refractivity contribution in [2.75, 3.05) is 0 Å². The average Bonchev–Trinajstić information content (AvgIpc) is 2.12. The molecule has 0 atom stereocenters. The van der Waals surface area contributed by atoms with Crippen LogP contribution < -0.4 is 5.32 Å². The van der Waals surface area contributed by atoms with E-state index in [1.54, 1.807) is 12.3 Å². The quantitative estimate of drug-likeness (QED) is 0.879. The Balaban J connectivity index is 1.99. The number of hydrogen-bond donors (Lipinski definition) is 1. The van der Waals surface area contributed by atoms with Crippen LogP contribution >= 0.6 is 15.9 Å². The van der Waals surface area contributed by atoms with Crippen molar-refractivity contribution in [1.82, 2.24) is 10.3 Å². The molecule has 1 saturated carbocycles. The standard InChI is InChI=1S/C10H11BrN2O/c11-7-4-5-9(12-6-7)10(14)13-8-2-1-3-8/h4-6,8H,1-3H2,(H,13,14). The zero-order chi connectivity index (χ0) is 9.97. The minimum absolute atomic E-state index is 0.0674. The maximum atomic E-state index is 11.6. The first-order valence-electron chi connectivity index (χ1n) is 4.68. The Labute approximate surface area is 91.0 Å². The second-order valence-electron chi connectivity index (χ2n) is 3.46. The van der Waals surface area contributed by atoms with Crippen LogP contribution in [0.25, 0.3) is 0 Å². The minimum Gasteiger partial charge on any atom is -0.348 e. The van der Waals surface area contributed by atoms with E-state index >= 15 is 0 Å². The van der Waals surface area contributed by atoms with Gasteiger partial charge < -0.3 is 5.32 Å². The van der Waals surface area contributed by atoms with Crippen LogP contribution in [0, 0.1) is 0 Å². The van der Waals surface area contributed by atoms with E-state index in [-0.39, 0.29) is 5.91 Å². The van der Waals surface area contributed by atoms with Crippen molar-refractivity contribution in [2.45, 2.75) is 25.3 Å². The normalized spacial score (nSPS) is 16.1. The molecule has 3 nitrogen and oxygen atoms in total. The summed E-state index contributed by atoms with van der Waals surface area (Å²) < 4.78 is 0.887. The molecule has 0 bridgehead atoms. The first-order chi connectivity index (χ1) is 6.75. The van der Waals surface area contributed by atoms with Crippen molar-refractivity contribution in [2.24, 2.45) is 0 Å². The van der Waals surface area contributed by atoms with Gasteiger partial charge in [0.1, 0.15) is 5.69 Å². The summed E-state index contributed by atoms with van der Waals surface area (Å²) in [4.78, 5) is 15.6. The molecule has 1 amide bonds. The predicted octanol–water partition coefficient (Wildman–Crippen LogP) is 2.13. The fourth-order valence-corrected chi connectivity index (χ4v) is 1.56. The van der Waals surface area contributed by atoms with Gasteiger partial charge in [0, 0.05) is 16.7 Å². The lowest BCUT2D eigenvalue weighted by Crippen LogP contribution is -2.39. The van der Waals surface area contributed by atoms with E-state index in [0.717, 1.165) is 17.3 Å². The van der Waals surface area contributed by atoms with Gasteiger partial charge in [-0.3, -0.25) is 4.79 Å². The molecular weight excluding hydrogens is 244 g/mol. The molecule has 2 rings (SSSR count). The fraction of sp³-hybridized carbons (Fsp3) is 0.400. The van der Waals surface area contributed by atoms with Gasteiger partial charge in [0.25, 0.3) is 5.91 Å². The summed E-state index contributed by atoms with van der Waals surface area (Å²) >= 11 is 3.28. The van der Waals surface area contributed by atoms with Crippen LogP contribution in [-0.2, 0) is 0 Å². The number of aromatic nitrogens is 1. The molecule has 74 valence electrons. The summed E-state index contributed by atoms with van der Waals surface area (Å²) in [7, 11) is 0. The van der Waals surface area contributed by atoms with Gasteiger partial charge in [-0.15, -0.1) is 0 Å². The van der Waals surface area contributed by atoms with E-state index in [1.807, 2.05) is 6.07 Å². The molecule has 1 aromatic rings. The molecule has 0 saturated heterocycles. The van der Waals surface area contributed by atoms with Gasteiger partial charge in [-0.05, 0) is 47.3 Å². The summed E-state index contributed by atoms with van der Waals surface area (Å²) in [5, 5.41) is 2.94. The Bertz CT molecular complexity index is 332. The summed E-state index contributed by atoms with van der Waals surface area (Å²) in [5.41, 5.74) is 0.486. The zero-order valence-corrected chi connectivity index (χ0v) is 9.25. The summed E-state index contributed by atoms with van der Waals surface area (Å²) in [6.45, 7) is 0. The molecule has 0 unspecified atom stereocenters. The van der Waals surface area contributed by atoms with Crippen LogP contribution in [0.4, 0.5) is 0 Å². The van der Waals surface area contributed by atoms with Gasteiger partial charge in [0.2, 0.25) is 0 Å². The lowest BCUT2D eigenvalue weighted by atomic mass is 9.93. The highest BCUT2D eigenvalue weighted by atomic mass is 79.9. The van der Waals surface area contributed by atoms with Gasteiger partial charge in [-0.2, -0.15) is 0 Å². The van der Waals surface area contributed by atoms with Crippen LogP contribution in [0.2, 0.25) is 0 Å². The maximum Gasteiger partial charge on any atom is 0.270 e. The van der Waals surface area contributed by atoms with Crippen LogP contribution in [0.3, 0.4) is 0 Å². The Morgan fingerprint density at radius 3 is 2.79 bits per heavy atom. The summed E-state index contributed by atoms with van der Waals surface area (Å²) in [6, 6.07) is 3.91. The van der Waals surface area contributed by atoms with Crippen LogP contribution in [-0.4, -0.2) is 16.9 Å². The third-order valence-electron chi connectivity index (χ3n) is 2.40. The smallest absolute Gasteiger partial charge is 0.270 e. The zero-order valence-electron chi connectivity index (χ0n) is 7.66. The molecular formula is C10H11BrN2O. The van der Waals surface area contributed by atoms with Crippen molar-refractivity contribution in [3.8, 4) is 0 Å². The molecule has 1 fully saturated rings. The van der Waals surface area contributed by atoms with Crippen LogP contribution in [0.5, 0.6) is 0 Å². The largest absolute Gasteiger partial charge is 0.348 e. The van der Waals surface area contributed by atoms with E-state index in [0.29, 0.717) is 11.7 Å². The highest BCUT2D eigenvalue weighted by Crippen LogP contribution is 2.18. The number of pyridine rings is 1. The number of halogens is 1. The van der Waals surface area contributed by atoms with Gasteiger partial charge in [-0.25, -0.2) is 4.98 Å². The second kappa shape index (κ2) is 4.09. The van der Waals surface area contributed by atoms with Crippen molar-refractivity contribution in [3.63, 3.8) is 0 Å². The Kier molecular flexibility index (Phi) is 2.82. The van der Waals surface area contributed by atoms with Crippen molar-refractivity contribution < 1.29 is 4.79 Å². The molecule has 1 heterocycles. The van der Waals surface area contributed by atoms with Crippen LogP contribution in [0.15, 0.2) is 22.8 Å². The van der Waals surface area contributed by atoms with Gasteiger partial charge >= 0.3 is 0 Å². The molecule has 1 aliphatic rings. The molecule has 1 aliphatic carbocycles. The molecule has 14 heavy (non-hydrogen) atoms. The maximum absolute atomic E-state index is 11.6. The number of carbonyl (C=O) groups excluding carboxylic acids is 1. The van der Waals surface area contributed by atoms with Gasteiger partial charge in [0.05, 0.1) is 0 Å². The molecule has 1 N–H and O–H groups in total. The molecule has 0 radical (unpaired) electrons. The summed E-state index contributed by atoms with van der Waals surface area (Å²) in [6.07, 6.45) is 5.05. The molecule has 1 aromatic heterocycles. The first kappa shape index (κ1) is 9.65. The predicted molar refractivity (Wildman–Crippen MR) is 57.0 cm³/mol. The number of carbonyl (C=O) groups is 1. The minimum atomic E-state index is -0.0674. The lowest BCUT2D eigenvalue weighted by molar-refractivity contribution is 0.0912. The van der Waals surface area contributed by atoms with Gasteiger partial charge in [0.15, 0.2) is 0 Å². The molecule has 0 aromatic carbocycles. The van der Waals surface area contributed by atoms with E-state index in [4.69, 9.17) is 0 Å². The molecule has 0 spiro atoms. The lowest BCUT2D eigenvalue weighted by Gasteiger charge is -2.26. The number of nitrogens with one attached hydrogen (secondary N) is 1. The molecule has 4 heteroatoms. The van der Waals surface area contributed by atoms with Crippen LogP contribution in [0.1, 0.15) is 29.8 Å².